The lowest BCUT2D eigenvalue weighted by Gasteiger charge is -2.17. The Hall–Kier alpha value is -2.05. The Morgan fingerprint density at radius 3 is 2.67 bits per heavy atom. The zero-order chi connectivity index (χ0) is 13.7. The van der Waals surface area contributed by atoms with Crippen molar-refractivity contribution >= 4 is 12.0 Å². The molecule has 7 nitrogen and oxygen atoms in total. The van der Waals surface area contributed by atoms with Gasteiger partial charge in [0.05, 0.1) is 12.5 Å². The standard InChI is InChI=1S/C11H17N3O4/c1-6-4-9(14-18-6)5-12-11(17)13-8(3)7(2)10(15)16/h4,7-8H,5H2,1-3H3,(H,15,16)(H2,12,13,17). The van der Waals surface area contributed by atoms with Gasteiger partial charge in [-0.3, -0.25) is 4.79 Å². The lowest BCUT2D eigenvalue weighted by atomic mass is 10.0. The summed E-state index contributed by atoms with van der Waals surface area (Å²) in [5.41, 5.74) is 0.613. The molecule has 0 aliphatic heterocycles. The molecule has 0 saturated carbocycles. The summed E-state index contributed by atoms with van der Waals surface area (Å²) in [6.07, 6.45) is 0. The van der Waals surface area contributed by atoms with E-state index < -0.39 is 24.0 Å². The maximum Gasteiger partial charge on any atom is 0.315 e. The normalized spacial score (nSPS) is 13.7. The van der Waals surface area contributed by atoms with Crippen LogP contribution in [0.4, 0.5) is 4.79 Å². The molecule has 1 aromatic heterocycles. The summed E-state index contributed by atoms with van der Waals surface area (Å²) in [7, 11) is 0. The molecule has 18 heavy (non-hydrogen) atoms. The van der Waals surface area contributed by atoms with E-state index in [-0.39, 0.29) is 6.54 Å². The van der Waals surface area contributed by atoms with Gasteiger partial charge < -0.3 is 20.3 Å². The lowest BCUT2D eigenvalue weighted by Crippen LogP contribution is -2.45. The molecule has 0 fully saturated rings. The minimum atomic E-state index is -0.949. The van der Waals surface area contributed by atoms with Crippen molar-refractivity contribution < 1.29 is 19.2 Å². The van der Waals surface area contributed by atoms with E-state index >= 15 is 0 Å². The number of nitrogens with one attached hydrogen (secondary N) is 2. The van der Waals surface area contributed by atoms with E-state index in [0.29, 0.717) is 11.5 Å². The van der Waals surface area contributed by atoms with E-state index in [1.807, 2.05) is 0 Å². The number of amides is 2. The Kier molecular flexibility index (Phi) is 4.70. The fourth-order valence-corrected chi connectivity index (χ4v) is 1.27. The lowest BCUT2D eigenvalue weighted by molar-refractivity contribution is -0.141. The molecule has 7 heteroatoms. The molecule has 0 saturated heterocycles. The van der Waals surface area contributed by atoms with Gasteiger partial charge in [-0.2, -0.15) is 0 Å². The first-order valence-corrected chi connectivity index (χ1v) is 5.59. The van der Waals surface area contributed by atoms with Gasteiger partial charge in [0.1, 0.15) is 11.5 Å². The molecule has 0 spiro atoms. The number of carboxylic acids is 1. The number of aliphatic carboxylic acids is 1. The monoisotopic (exact) mass is 255 g/mol. The van der Waals surface area contributed by atoms with E-state index in [1.165, 1.54) is 6.92 Å². The van der Waals surface area contributed by atoms with E-state index in [2.05, 4.69) is 15.8 Å². The minimum Gasteiger partial charge on any atom is -0.481 e. The fraction of sp³-hybridized carbons (Fsp3) is 0.545. The van der Waals surface area contributed by atoms with Crippen molar-refractivity contribution in [3.8, 4) is 0 Å². The van der Waals surface area contributed by atoms with Crippen LogP contribution in [0.5, 0.6) is 0 Å². The zero-order valence-corrected chi connectivity index (χ0v) is 10.6. The quantitative estimate of drug-likeness (QED) is 0.724. The molecule has 0 aliphatic carbocycles. The number of aryl methyl sites for hydroxylation is 1. The number of hydrogen-bond acceptors (Lipinski definition) is 4. The second-order valence-electron chi connectivity index (χ2n) is 4.17. The Labute approximate surface area is 105 Å². The van der Waals surface area contributed by atoms with E-state index in [0.717, 1.165) is 0 Å². The third-order valence-electron chi connectivity index (χ3n) is 2.61. The van der Waals surface area contributed by atoms with Gasteiger partial charge in [-0.05, 0) is 20.8 Å². The third kappa shape index (κ3) is 4.08. The molecule has 1 heterocycles. The van der Waals surface area contributed by atoms with Crippen LogP contribution >= 0.6 is 0 Å². The summed E-state index contributed by atoms with van der Waals surface area (Å²) < 4.78 is 4.85. The number of carbonyl (C=O) groups excluding carboxylic acids is 1. The largest absolute Gasteiger partial charge is 0.481 e. The van der Waals surface area contributed by atoms with Gasteiger partial charge in [0.25, 0.3) is 0 Å². The molecule has 1 aromatic rings. The first kappa shape index (κ1) is 14.0. The van der Waals surface area contributed by atoms with E-state index in [4.69, 9.17) is 9.63 Å². The topological polar surface area (TPSA) is 104 Å². The van der Waals surface area contributed by atoms with Crippen LogP contribution in [-0.4, -0.2) is 28.3 Å². The Morgan fingerprint density at radius 1 is 1.50 bits per heavy atom. The SMILES string of the molecule is Cc1cc(CNC(=O)NC(C)C(C)C(=O)O)no1. The van der Waals surface area contributed by atoms with Gasteiger partial charge in [-0.15, -0.1) is 0 Å². The van der Waals surface area contributed by atoms with Gasteiger partial charge in [-0.25, -0.2) is 4.79 Å². The smallest absolute Gasteiger partial charge is 0.315 e. The number of hydrogen-bond donors (Lipinski definition) is 3. The van der Waals surface area contributed by atoms with Crippen LogP contribution < -0.4 is 10.6 Å². The van der Waals surface area contributed by atoms with Crippen molar-refractivity contribution in [3.05, 3.63) is 17.5 Å². The van der Waals surface area contributed by atoms with Gasteiger partial charge in [0.2, 0.25) is 0 Å². The molecule has 0 bridgehead atoms. The Balaban J connectivity index is 2.35. The molecular formula is C11H17N3O4. The Bertz CT molecular complexity index is 430. The summed E-state index contributed by atoms with van der Waals surface area (Å²) in [6.45, 7) is 5.16. The zero-order valence-electron chi connectivity index (χ0n) is 10.6. The van der Waals surface area contributed by atoms with Gasteiger partial charge in [-0.1, -0.05) is 5.16 Å². The third-order valence-corrected chi connectivity index (χ3v) is 2.61. The highest BCUT2D eigenvalue weighted by Crippen LogP contribution is 2.03. The molecule has 0 aromatic carbocycles. The number of urea groups is 1. The first-order valence-electron chi connectivity index (χ1n) is 5.59. The predicted molar refractivity (Wildman–Crippen MR) is 62.9 cm³/mol. The highest BCUT2D eigenvalue weighted by molar-refractivity contribution is 5.76. The van der Waals surface area contributed by atoms with Crippen molar-refractivity contribution in [1.29, 1.82) is 0 Å². The molecule has 2 amide bonds. The second-order valence-corrected chi connectivity index (χ2v) is 4.17. The molecule has 3 N–H and O–H groups in total. The highest BCUT2D eigenvalue weighted by atomic mass is 16.5. The molecule has 2 atom stereocenters. The van der Waals surface area contributed by atoms with Crippen LogP contribution in [0.2, 0.25) is 0 Å². The molecule has 0 radical (unpaired) electrons. The van der Waals surface area contributed by atoms with Crippen LogP contribution in [0.1, 0.15) is 25.3 Å². The molecule has 2 unspecified atom stereocenters. The number of rotatable bonds is 5. The van der Waals surface area contributed by atoms with Crippen molar-refractivity contribution in [2.75, 3.05) is 0 Å². The van der Waals surface area contributed by atoms with Crippen LogP contribution in [-0.2, 0) is 11.3 Å². The molecule has 1 rings (SSSR count). The first-order chi connectivity index (χ1) is 8.40. The second kappa shape index (κ2) is 6.04. The highest BCUT2D eigenvalue weighted by Gasteiger charge is 2.20. The van der Waals surface area contributed by atoms with E-state index in [9.17, 15) is 9.59 Å². The number of carbonyl (C=O) groups is 2. The van der Waals surface area contributed by atoms with Crippen LogP contribution in [0.25, 0.3) is 0 Å². The fourth-order valence-electron chi connectivity index (χ4n) is 1.27. The Morgan fingerprint density at radius 2 is 2.17 bits per heavy atom. The van der Waals surface area contributed by atoms with Crippen molar-refractivity contribution in [2.45, 2.75) is 33.4 Å². The van der Waals surface area contributed by atoms with Crippen LogP contribution in [0.3, 0.4) is 0 Å². The molecular weight excluding hydrogens is 238 g/mol. The van der Waals surface area contributed by atoms with Crippen molar-refractivity contribution in [2.24, 2.45) is 5.92 Å². The van der Waals surface area contributed by atoms with Crippen LogP contribution in [0, 0.1) is 12.8 Å². The van der Waals surface area contributed by atoms with E-state index in [1.54, 1.807) is 19.9 Å². The maximum absolute atomic E-state index is 11.5. The summed E-state index contributed by atoms with van der Waals surface area (Å²) in [5.74, 6) is -0.931. The number of aromatic nitrogens is 1. The summed E-state index contributed by atoms with van der Waals surface area (Å²) in [5, 5.41) is 17.6. The van der Waals surface area contributed by atoms with Crippen molar-refractivity contribution in [3.63, 3.8) is 0 Å². The summed E-state index contributed by atoms with van der Waals surface area (Å²) in [4.78, 5) is 22.2. The maximum atomic E-state index is 11.5. The predicted octanol–water partition coefficient (Wildman–Crippen LogP) is 0.891. The minimum absolute atomic E-state index is 0.233. The molecule has 0 aliphatic rings. The summed E-state index contributed by atoms with van der Waals surface area (Å²) in [6, 6.07) is 0.821. The van der Waals surface area contributed by atoms with Gasteiger partial charge in [0, 0.05) is 12.1 Å². The average Bonchev–Trinajstić information content (AvgIpc) is 2.71. The average molecular weight is 255 g/mol. The number of carboxylic acid groups (broad SMARTS) is 1. The van der Waals surface area contributed by atoms with Crippen molar-refractivity contribution in [1.82, 2.24) is 15.8 Å². The van der Waals surface area contributed by atoms with Gasteiger partial charge >= 0.3 is 12.0 Å². The summed E-state index contributed by atoms with van der Waals surface area (Å²) >= 11 is 0. The number of nitrogens with zero attached hydrogens (tertiary/aromatic N) is 1. The molecule has 100 valence electrons. The van der Waals surface area contributed by atoms with Crippen LogP contribution in [0.15, 0.2) is 10.6 Å². The van der Waals surface area contributed by atoms with Gasteiger partial charge in [0.15, 0.2) is 0 Å².